The first kappa shape index (κ1) is 18.9. The molecule has 146 valence electrons. The van der Waals surface area contributed by atoms with Crippen molar-refractivity contribution in [3.05, 3.63) is 52.3 Å². The molecule has 0 bridgehead atoms. The molecule has 1 aliphatic rings. The average molecular weight is 453 g/mol. The molecule has 3 heterocycles. The molecule has 0 aliphatic carbocycles. The van der Waals surface area contributed by atoms with Crippen LogP contribution in [0.25, 0.3) is 16.9 Å². The number of hydrogen-bond acceptors (Lipinski definition) is 3. The maximum absolute atomic E-state index is 13.6. The maximum atomic E-state index is 13.6. The predicted octanol–water partition coefficient (Wildman–Crippen LogP) is 4.34. The van der Waals surface area contributed by atoms with E-state index in [0.29, 0.717) is 18.7 Å². The summed E-state index contributed by atoms with van der Waals surface area (Å²) in [7, 11) is 0. The van der Waals surface area contributed by atoms with Gasteiger partial charge in [-0.25, -0.2) is 9.50 Å². The van der Waals surface area contributed by atoms with Crippen molar-refractivity contribution >= 4 is 27.5 Å². The average Bonchev–Trinajstić information content (AvgIpc) is 3.30. The lowest BCUT2D eigenvalue weighted by Gasteiger charge is -2.13. The fraction of sp³-hybridized carbons (Fsp3) is 0.316. The summed E-state index contributed by atoms with van der Waals surface area (Å²) < 4.78 is 42.5. The van der Waals surface area contributed by atoms with Crippen LogP contribution in [0, 0.1) is 0 Å². The normalized spacial score (nSPS) is 14.8. The molecule has 5 nitrogen and oxygen atoms in total. The van der Waals surface area contributed by atoms with Gasteiger partial charge in [-0.2, -0.15) is 18.3 Å². The van der Waals surface area contributed by atoms with Gasteiger partial charge in [0.15, 0.2) is 11.3 Å². The van der Waals surface area contributed by atoms with Crippen LogP contribution in [0.4, 0.5) is 13.2 Å². The Morgan fingerprint density at radius 1 is 1.11 bits per heavy atom. The van der Waals surface area contributed by atoms with Gasteiger partial charge in [-0.05, 0) is 31.0 Å². The number of nitrogens with zero attached hydrogens (tertiary/aromatic N) is 4. The highest BCUT2D eigenvalue weighted by Gasteiger charge is 2.35. The Hall–Kier alpha value is -2.42. The van der Waals surface area contributed by atoms with E-state index in [2.05, 4.69) is 26.0 Å². The fourth-order valence-corrected chi connectivity index (χ4v) is 3.58. The van der Waals surface area contributed by atoms with E-state index in [9.17, 15) is 18.0 Å². The lowest BCUT2D eigenvalue weighted by atomic mass is 10.1. The molecule has 3 aromatic rings. The number of fused-ring (bicyclic) bond motifs is 1. The van der Waals surface area contributed by atoms with Gasteiger partial charge < -0.3 is 4.90 Å². The molecule has 1 aliphatic heterocycles. The highest BCUT2D eigenvalue weighted by molar-refractivity contribution is 9.10. The van der Waals surface area contributed by atoms with Gasteiger partial charge in [-0.1, -0.05) is 28.1 Å². The van der Waals surface area contributed by atoms with Crippen molar-refractivity contribution in [3.8, 4) is 11.3 Å². The molecule has 0 radical (unpaired) electrons. The molecule has 0 unspecified atom stereocenters. The summed E-state index contributed by atoms with van der Waals surface area (Å²) in [5.74, 6) is -0.123. The van der Waals surface area contributed by atoms with E-state index in [-0.39, 0.29) is 29.4 Å². The molecule has 1 fully saturated rings. The third kappa shape index (κ3) is 3.76. The predicted molar refractivity (Wildman–Crippen MR) is 101 cm³/mol. The highest BCUT2D eigenvalue weighted by atomic mass is 79.9. The number of carbonyl (C=O) groups excluding carboxylic acids is 1. The molecule has 1 aromatic carbocycles. The summed E-state index contributed by atoms with van der Waals surface area (Å²) in [4.78, 5) is 18.4. The number of likely N-dealkylation sites (tertiary alicyclic amines) is 1. The van der Waals surface area contributed by atoms with E-state index in [4.69, 9.17) is 0 Å². The van der Waals surface area contributed by atoms with Crippen LogP contribution < -0.4 is 0 Å². The molecule has 9 heteroatoms. The van der Waals surface area contributed by atoms with Gasteiger partial charge in [0.1, 0.15) is 0 Å². The largest absolute Gasteiger partial charge is 0.433 e. The summed E-state index contributed by atoms with van der Waals surface area (Å²) in [6, 6.07) is 9.30. The zero-order valence-electron chi connectivity index (χ0n) is 14.7. The molecule has 0 atom stereocenters. The number of carbonyl (C=O) groups is 1. The van der Waals surface area contributed by atoms with Crippen LogP contribution in [0.3, 0.4) is 0 Å². The maximum Gasteiger partial charge on any atom is 0.433 e. The summed E-state index contributed by atoms with van der Waals surface area (Å²) in [5.41, 5.74) is 0.187. The molecule has 0 N–H and O–H groups in total. The third-order valence-corrected chi connectivity index (χ3v) is 5.23. The minimum atomic E-state index is -4.60. The van der Waals surface area contributed by atoms with E-state index in [1.165, 1.54) is 6.07 Å². The highest BCUT2D eigenvalue weighted by Crippen LogP contribution is 2.32. The number of hydrogen-bond donors (Lipinski definition) is 0. The van der Waals surface area contributed by atoms with E-state index >= 15 is 0 Å². The number of aromatic nitrogens is 3. The Morgan fingerprint density at radius 2 is 1.79 bits per heavy atom. The molecule has 1 amide bonds. The zero-order chi connectivity index (χ0) is 19.9. The first-order chi connectivity index (χ1) is 13.3. The van der Waals surface area contributed by atoms with Gasteiger partial charge in [-0.15, -0.1) is 0 Å². The van der Waals surface area contributed by atoms with Crippen molar-refractivity contribution in [2.24, 2.45) is 0 Å². The smallest absolute Gasteiger partial charge is 0.342 e. The van der Waals surface area contributed by atoms with Gasteiger partial charge in [0.25, 0.3) is 0 Å². The fourth-order valence-electron chi connectivity index (χ4n) is 3.31. The van der Waals surface area contributed by atoms with Gasteiger partial charge >= 0.3 is 6.18 Å². The van der Waals surface area contributed by atoms with Crippen LogP contribution in [-0.4, -0.2) is 38.5 Å². The zero-order valence-corrected chi connectivity index (χ0v) is 16.3. The number of rotatable bonds is 3. The molecule has 1 saturated heterocycles. The summed E-state index contributed by atoms with van der Waals surface area (Å²) >= 11 is 3.31. The van der Waals surface area contributed by atoms with Crippen molar-refractivity contribution < 1.29 is 18.0 Å². The first-order valence-corrected chi connectivity index (χ1v) is 9.61. The van der Waals surface area contributed by atoms with Crippen LogP contribution in [0.5, 0.6) is 0 Å². The van der Waals surface area contributed by atoms with Crippen LogP contribution in [0.1, 0.15) is 24.2 Å². The minimum Gasteiger partial charge on any atom is -0.342 e. The minimum absolute atomic E-state index is 0.0335. The Balaban J connectivity index is 1.75. The monoisotopic (exact) mass is 452 g/mol. The number of benzene rings is 1. The molecular formula is C19H16BrF3N4O. The molecule has 2 aromatic heterocycles. The van der Waals surface area contributed by atoms with Crippen LogP contribution >= 0.6 is 15.9 Å². The lowest BCUT2D eigenvalue weighted by Crippen LogP contribution is -2.29. The third-order valence-electron chi connectivity index (χ3n) is 4.70. The number of alkyl halides is 3. The topological polar surface area (TPSA) is 50.5 Å². The number of amides is 1. The van der Waals surface area contributed by atoms with Gasteiger partial charge in [-0.3, -0.25) is 4.79 Å². The molecule has 0 spiro atoms. The number of halogens is 4. The van der Waals surface area contributed by atoms with E-state index in [0.717, 1.165) is 27.9 Å². The van der Waals surface area contributed by atoms with Gasteiger partial charge in [0.05, 0.1) is 17.8 Å². The van der Waals surface area contributed by atoms with E-state index in [1.54, 1.807) is 29.2 Å². The van der Waals surface area contributed by atoms with E-state index in [1.807, 2.05) is 0 Å². The molecule has 28 heavy (non-hydrogen) atoms. The van der Waals surface area contributed by atoms with Crippen LogP contribution in [-0.2, 0) is 17.4 Å². The van der Waals surface area contributed by atoms with Crippen LogP contribution in [0.15, 0.2) is 40.9 Å². The summed E-state index contributed by atoms with van der Waals surface area (Å²) in [6.45, 7) is 1.37. The van der Waals surface area contributed by atoms with Gasteiger partial charge in [0.2, 0.25) is 5.91 Å². The van der Waals surface area contributed by atoms with Crippen molar-refractivity contribution in [1.82, 2.24) is 19.5 Å². The second-order valence-corrected chi connectivity index (χ2v) is 7.62. The van der Waals surface area contributed by atoms with Crippen molar-refractivity contribution in [1.29, 1.82) is 0 Å². The van der Waals surface area contributed by atoms with E-state index < -0.39 is 11.9 Å². The Kier molecular flexibility index (Phi) is 4.86. The summed E-state index contributed by atoms with van der Waals surface area (Å²) in [6.07, 6.45) is -2.73. The SMILES string of the molecule is O=C(Cc1cc2nc(-c3ccc(Br)cc3)cc(C(F)(F)F)n2n1)N1CCCC1. The Bertz CT molecular complexity index is 1020. The van der Waals surface area contributed by atoms with Crippen molar-refractivity contribution in [2.45, 2.75) is 25.4 Å². The molecule has 4 rings (SSSR count). The lowest BCUT2D eigenvalue weighted by molar-refractivity contribution is -0.142. The van der Waals surface area contributed by atoms with Crippen molar-refractivity contribution in [3.63, 3.8) is 0 Å². The molecular weight excluding hydrogens is 437 g/mol. The van der Waals surface area contributed by atoms with Crippen LogP contribution in [0.2, 0.25) is 0 Å². The summed E-state index contributed by atoms with van der Waals surface area (Å²) in [5, 5.41) is 4.02. The van der Waals surface area contributed by atoms with Crippen molar-refractivity contribution in [2.75, 3.05) is 13.1 Å². The molecule has 0 saturated carbocycles. The second-order valence-electron chi connectivity index (χ2n) is 6.70. The second kappa shape index (κ2) is 7.20. The standard InChI is InChI=1S/C19H16BrF3N4O/c20-13-5-3-12(4-6-13)15-11-16(19(21,22)23)27-17(24-15)9-14(25-27)10-18(28)26-7-1-2-8-26/h3-6,9,11H,1-2,7-8,10H2. The van der Waals surface area contributed by atoms with Gasteiger partial charge in [0, 0.05) is 29.2 Å². The first-order valence-electron chi connectivity index (χ1n) is 8.82. The Labute approximate surface area is 167 Å². The Morgan fingerprint density at radius 3 is 2.43 bits per heavy atom. The quantitative estimate of drug-likeness (QED) is 0.593.